The summed E-state index contributed by atoms with van der Waals surface area (Å²) in [6.07, 6.45) is 0.987. The lowest BCUT2D eigenvalue weighted by Crippen LogP contribution is -2.35. The van der Waals surface area contributed by atoms with E-state index in [-0.39, 0.29) is 30.9 Å². The smallest absolute Gasteiger partial charge is 0.245 e. The predicted octanol–water partition coefficient (Wildman–Crippen LogP) is 1.86. The maximum absolute atomic E-state index is 12.2. The lowest BCUT2D eigenvalue weighted by molar-refractivity contribution is -0.133. The van der Waals surface area contributed by atoms with Gasteiger partial charge in [-0.05, 0) is 12.8 Å². The lowest BCUT2D eigenvalue weighted by atomic mass is 10.1. The van der Waals surface area contributed by atoms with Crippen molar-refractivity contribution < 1.29 is 18.8 Å². The average Bonchev–Trinajstić information content (AvgIpc) is 3.27. The number of likely N-dealkylation sites (N-methyl/N-ethyl adjacent to an activating group) is 1. The fraction of sp³-hybridized carbons (Fsp3) is 0.647. The van der Waals surface area contributed by atoms with Gasteiger partial charge >= 0.3 is 0 Å². The van der Waals surface area contributed by atoms with Crippen LogP contribution in [0.2, 0.25) is 0 Å². The summed E-state index contributed by atoms with van der Waals surface area (Å²) in [5.74, 6) is 0.737. The number of aryl methyl sites for hydroxylation is 1. The molecule has 1 N–H and O–H groups in total. The van der Waals surface area contributed by atoms with Crippen molar-refractivity contribution >= 4 is 28.3 Å². The van der Waals surface area contributed by atoms with Crippen LogP contribution in [0.4, 0.5) is 5.13 Å². The SMILES string of the molecule is CO[C@@H](C)c1noc(CCC(=O)N(C)CC(=O)Nc2nnc(CC(C)C)s2)n1. The Morgan fingerprint density at radius 2 is 2.04 bits per heavy atom. The van der Waals surface area contributed by atoms with E-state index in [0.717, 1.165) is 11.4 Å². The van der Waals surface area contributed by atoms with Gasteiger partial charge in [-0.25, -0.2) is 0 Å². The third kappa shape index (κ3) is 6.64. The predicted molar refractivity (Wildman–Crippen MR) is 103 cm³/mol. The van der Waals surface area contributed by atoms with Crippen LogP contribution in [-0.4, -0.2) is 57.8 Å². The summed E-state index contributed by atoms with van der Waals surface area (Å²) in [4.78, 5) is 29.9. The van der Waals surface area contributed by atoms with Crippen molar-refractivity contribution in [2.75, 3.05) is 26.0 Å². The number of nitrogens with one attached hydrogen (secondary N) is 1. The van der Waals surface area contributed by atoms with Crippen LogP contribution in [-0.2, 0) is 27.2 Å². The highest BCUT2D eigenvalue weighted by Gasteiger charge is 2.17. The lowest BCUT2D eigenvalue weighted by Gasteiger charge is -2.15. The summed E-state index contributed by atoms with van der Waals surface area (Å²) >= 11 is 1.34. The van der Waals surface area contributed by atoms with E-state index in [1.165, 1.54) is 16.2 Å². The van der Waals surface area contributed by atoms with Crippen molar-refractivity contribution in [2.45, 2.75) is 46.1 Å². The van der Waals surface area contributed by atoms with Crippen molar-refractivity contribution in [3.63, 3.8) is 0 Å². The third-order valence-corrected chi connectivity index (χ3v) is 4.72. The molecule has 0 saturated heterocycles. The topological polar surface area (TPSA) is 123 Å². The molecular formula is C17H26N6O4S. The largest absolute Gasteiger partial charge is 0.374 e. The van der Waals surface area contributed by atoms with Gasteiger partial charge in [0, 0.05) is 33.4 Å². The Morgan fingerprint density at radius 3 is 2.71 bits per heavy atom. The molecule has 2 aromatic rings. The van der Waals surface area contributed by atoms with Crippen LogP contribution in [0.25, 0.3) is 0 Å². The maximum Gasteiger partial charge on any atom is 0.245 e. The Hall–Kier alpha value is -2.40. The Balaban J connectivity index is 1.77. The highest BCUT2D eigenvalue weighted by molar-refractivity contribution is 7.15. The van der Waals surface area contributed by atoms with Gasteiger partial charge in [0.25, 0.3) is 0 Å². The standard InChI is InChI=1S/C17H26N6O4S/c1-10(2)8-14-20-21-17(28-14)18-12(24)9-23(4)15(25)7-6-13-19-16(22-27-13)11(3)26-5/h10-11H,6-9H2,1-5H3,(H,18,21,24)/t11-/m0/s1. The van der Waals surface area contributed by atoms with Crippen LogP contribution in [0.1, 0.15) is 50.0 Å². The quantitative estimate of drug-likeness (QED) is 0.629. The molecule has 0 spiro atoms. The van der Waals surface area contributed by atoms with Crippen LogP contribution in [0.5, 0.6) is 0 Å². The molecule has 0 saturated carbocycles. The summed E-state index contributed by atoms with van der Waals surface area (Å²) in [5.41, 5.74) is 0. The molecule has 2 heterocycles. The molecule has 0 bridgehead atoms. The van der Waals surface area contributed by atoms with Crippen molar-refractivity contribution in [3.05, 3.63) is 16.7 Å². The zero-order valence-corrected chi connectivity index (χ0v) is 17.6. The zero-order chi connectivity index (χ0) is 20.7. The molecule has 1 atom stereocenters. The number of rotatable bonds is 10. The van der Waals surface area contributed by atoms with Gasteiger partial charge in [0.15, 0.2) is 5.82 Å². The Morgan fingerprint density at radius 1 is 1.29 bits per heavy atom. The van der Waals surface area contributed by atoms with Gasteiger partial charge in [0.05, 0.1) is 6.54 Å². The number of nitrogens with zero attached hydrogens (tertiary/aromatic N) is 5. The van der Waals surface area contributed by atoms with Crippen LogP contribution < -0.4 is 5.32 Å². The summed E-state index contributed by atoms with van der Waals surface area (Å²) in [5, 5.41) is 15.8. The highest BCUT2D eigenvalue weighted by atomic mass is 32.1. The third-order valence-electron chi connectivity index (χ3n) is 3.86. The number of methoxy groups -OCH3 is 1. The summed E-state index contributed by atoms with van der Waals surface area (Å²) in [7, 11) is 3.12. The van der Waals surface area contributed by atoms with Crippen molar-refractivity contribution in [3.8, 4) is 0 Å². The second-order valence-corrected chi connectivity index (χ2v) is 7.88. The first kappa shape index (κ1) is 21.9. The van der Waals surface area contributed by atoms with Gasteiger partial charge in [0.2, 0.25) is 22.8 Å². The molecule has 0 aromatic carbocycles. The fourth-order valence-corrected chi connectivity index (χ4v) is 3.21. The fourth-order valence-electron chi connectivity index (χ4n) is 2.24. The Labute approximate surface area is 167 Å². The van der Waals surface area contributed by atoms with Crippen LogP contribution >= 0.6 is 11.3 Å². The summed E-state index contributed by atoms with van der Waals surface area (Å²) in [6, 6.07) is 0. The number of carbonyl (C=O) groups excluding carboxylic acids is 2. The molecule has 0 unspecified atom stereocenters. The van der Waals surface area contributed by atoms with Gasteiger partial charge in [-0.15, -0.1) is 10.2 Å². The molecule has 11 heteroatoms. The second-order valence-electron chi connectivity index (χ2n) is 6.82. The number of hydrogen-bond acceptors (Lipinski definition) is 9. The van der Waals surface area contributed by atoms with Crippen LogP contribution in [0, 0.1) is 5.92 Å². The van der Waals surface area contributed by atoms with Crippen molar-refractivity contribution in [1.82, 2.24) is 25.2 Å². The zero-order valence-electron chi connectivity index (χ0n) is 16.8. The molecule has 2 rings (SSSR count). The molecular weight excluding hydrogens is 384 g/mol. The molecule has 154 valence electrons. The number of aromatic nitrogens is 4. The van der Waals surface area contributed by atoms with E-state index in [2.05, 4.69) is 39.5 Å². The number of carbonyl (C=O) groups is 2. The van der Waals surface area contributed by atoms with Gasteiger partial charge in [-0.1, -0.05) is 30.3 Å². The van der Waals surface area contributed by atoms with E-state index in [4.69, 9.17) is 9.26 Å². The van der Waals surface area contributed by atoms with Crippen molar-refractivity contribution in [1.29, 1.82) is 0 Å². The van der Waals surface area contributed by atoms with E-state index >= 15 is 0 Å². The van der Waals surface area contributed by atoms with Crippen LogP contribution in [0.3, 0.4) is 0 Å². The van der Waals surface area contributed by atoms with E-state index in [0.29, 0.717) is 29.2 Å². The first-order chi connectivity index (χ1) is 13.3. The normalized spacial score (nSPS) is 12.2. The molecule has 0 aliphatic rings. The van der Waals surface area contributed by atoms with Crippen LogP contribution in [0.15, 0.2) is 4.52 Å². The summed E-state index contributed by atoms with van der Waals surface area (Å²) < 4.78 is 10.2. The first-order valence-corrected chi connectivity index (χ1v) is 9.81. The van der Waals surface area contributed by atoms with Gasteiger partial charge < -0.3 is 14.2 Å². The molecule has 2 aromatic heterocycles. The van der Waals surface area contributed by atoms with E-state index in [1.54, 1.807) is 21.1 Å². The second kappa shape index (κ2) is 10.2. The summed E-state index contributed by atoms with van der Waals surface area (Å²) in [6.45, 7) is 5.91. The van der Waals surface area contributed by atoms with E-state index < -0.39 is 0 Å². The van der Waals surface area contributed by atoms with Gasteiger partial charge in [-0.2, -0.15) is 4.98 Å². The highest BCUT2D eigenvalue weighted by Crippen LogP contribution is 2.18. The molecule has 28 heavy (non-hydrogen) atoms. The Bertz CT molecular complexity index is 790. The molecule has 0 aliphatic heterocycles. The minimum atomic E-state index is -0.322. The maximum atomic E-state index is 12.2. The average molecular weight is 411 g/mol. The molecule has 2 amide bonds. The first-order valence-electron chi connectivity index (χ1n) is 9.00. The molecule has 0 fully saturated rings. The number of amides is 2. The molecule has 0 aliphatic carbocycles. The molecule has 0 radical (unpaired) electrons. The van der Waals surface area contributed by atoms with E-state index in [9.17, 15) is 9.59 Å². The number of ether oxygens (including phenoxy) is 1. The van der Waals surface area contributed by atoms with E-state index in [1.807, 2.05) is 0 Å². The van der Waals surface area contributed by atoms with Gasteiger partial charge in [0.1, 0.15) is 11.1 Å². The number of hydrogen-bond donors (Lipinski definition) is 1. The Kier molecular flexibility index (Phi) is 8.00. The number of anilines is 1. The minimum absolute atomic E-state index is 0.0757. The van der Waals surface area contributed by atoms with Crippen molar-refractivity contribution in [2.24, 2.45) is 5.92 Å². The minimum Gasteiger partial charge on any atom is -0.374 e. The monoisotopic (exact) mass is 410 g/mol. The molecule has 10 nitrogen and oxygen atoms in total. The van der Waals surface area contributed by atoms with Gasteiger partial charge in [-0.3, -0.25) is 14.9 Å².